The normalized spacial score (nSPS) is 12.4. The van der Waals surface area contributed by atoms with Gasteiger partial charge in [-0.1, -0.05) is 23.8 Å². The van der Waals surface area contributed by atoms with Gasteiger partial charge in [0.25, 0.3) is 0 Å². The zero-order valence-electron chi connectivity index (χ0n) is 15.9. The number of amides is 1. The first-order valence-electron chi connectivity index (χ1n) is 8.69. The molecule has 0 aliphatic rings. The van der Waals surface area contributed by atoms with E-state index in [-0.39, 0.29) is 19.1 Å². The van der Waals surface area contributed by atoms with E-state index in [1.165, 1.54) is 5.56 Å². The Balaban J connectivity index is 1.74. The molecular formula is C20H28N2O3S. The molecule has 2 rings (SSSR count). The molecule has 0 saturated heterocycles. The number of nitrogens with zero attached hydrogens (tertiary/aromatic N) is 1. The Morgan fingerprint density at radius 3 is 2.62 bits per heavy atom. The number of thiophene rings is 1. The quantitative estimate of drug-likeness (QED) is 0.706. The second kappa shape index (κ2) is 9.83. The number of hydrogen-bond donors (Lipinski definition) is 2. The third kappa shape index (κ3) is 6.53. The molecule has 1 atom stereocenters. The molecule has 0 bridgehead atoms. The lowest BCUT2D eigenvalue weighted by Crippen LogP contribution is -2.37. The molecule has 5 nitrogen and oxygen atoms in total. The predicted molar refractivity (Wildman–Crippen MR) is 107 cm³/mol. The van der Waals surface area contributed by atoms with Gasteiger partial charge < -0.3 is 15.2 Å². The van der Waals surface area contributed by atoms with Gasteiger partial charge in [0.05, 0.1) is 25.9 Å². The maximum atomic E-state index is 12.3. The Bertz CT molecular complexity index is 693. The Kier molecular flexibility index (Phi) is 7.78. The molecule has 26 heavy (non-hydrogen) atoms. The van der Waals surface area contributed by atoms with E-state index < -0.39 is 6.10 Å². The van der Waals surface area contributed by atoms with Crippen LogP contribution in [0.2, 0.25) is 0 Å². The monoisotopic (exact) mass is 376 g/mol. The molecule has 1 aromatic carbocycles. The summed E-state index contributed by atoms with van der Waals surface area (Å²) in [6.45, 7) is 7.38. The van der Waals surface area contributed by atoms with Crippen molar-refractivity contribution in [3.05, 3.63) is 51.2 Å². The fourth-order valence-corrected chi connectivity index (χ4v) is 3.61. The lowest BCUT2D eigenvalue weighted by molar-refractivity contribution is -0.117. The van der Waals surface area contributed by atoms with Crippen LogP contribution in [-0.2, 0) is 16.1 Å². The lowest BCUT2D eigenvalue weighted by Gasteiger charge is -2.21. The average molecular weight is 377 g/mol. The average Bonchev–Trinajstić information content (AvgIpc) is 3.04. The van der Waals surface area contributed by atoms with E-state index >= 15 is 0 Å². The fourth-order valence-electron chi connectivity index (χ4n) is 2.97. The van der Waals surface area contributed by atoms with Gasteiger partial charge in [-0.15, -0.1) is 11.3 Å². The fraction of sp³-hybridized carbons (Fsp3) is 0.450. The van der Waals surface area contributed by atoms with E-state index in [0.29, 0.717) is 13.2 Å². The molecule has 0 radical (unpaired) electrons. The van der Waals surface area contributed by atoms with Crippen LogP contribution in [0.5, 0.6) is 0 Å². The number of anilines is 1. The van der Waals surface area contributed by atoms with E-state index in [2.05, 4.69) is 17.4 Å². The molecule has 0 spiro atoms. The van der Waals surface area contributed by atoms with Crippen molar-refractivity contribution >= 4 is 22.9 Å². The van der Waals surface area contributed by atoms with Crippen LogP contribution >= 0.6 is 11.3 Å². The summed E-state index contributed by atoms with van der Waals surface area (Å²) in [6, 6.07) is 8.09. The summed E-state index contributed by atoms with van der Waals surface area (Å²) < 4.78 is 5.52. The summed E-state index contributed by atoms with van der Waals surface area (Å²) >= 11 is 1.63. The predicted octanol–water partition coefficient (Wildman–Crippen LogP) is 3.12. The molecule has 1 heterocycles. The number of hydrogen-bond acceptors (Lipinski definition) is 5. The molecule has 2 N–H and O–H groups in total. The minimum Gasteiger partial charge on any atom is -0.389 e. The topological polar surface area (TPSA) is 61.8 Å². The molecule has 1 aromatic heterocycles. The molecule has 142 valence electrons. The molecule has 0 saturated carbocycles. The van der Waals surface area contributed by atoms with Crippen molar-refractivity contribution in [2.75, 3.05) is 32.1 Å². The van der Waals surface area contributed by atoms with Crippen LogP contribution in [0.4, 0.5) is 5.69 Å². The number of rotatable bonds is 9. The van der Waals surface area contributed by atoms with Crippen LogP contribution in [0.1, 0.15) is 21.6 Å². The summed E-state index contributed by atoms with van der Waals surface area (Å²) in [4.78, 5) is 15.2. The molecule has 2 aromatic rings. The van der Waals surface area contributed by atoms with E-state index in [1.807, 2.05) is 45.3 Å². The Morgan fingerprint density at radius 2 is 2.00 bits per heavy atom. The molecule has 0 fully saturated rings. The van der Waals surface area contributed by atoms with E-state index in [9.17, 15) is 9.90 Å². The third-order valence-electron chi connectivity index (χ3n) is 4.01. The molecular weight excluding hydrogens is 348 g/mol. The van der Waals surface area contributed by atoms with Gasteiger partial charge in [0, 0.05) is 17.1 Å². The van der Waals surface area contributed by atoms with Crippen LogP contribution in [0.15, 0.2) is 29.6 Å². The highest BCUT2D eigenvalue weighted by Gasteiger charge is 2.14. The zero-order valence-corrected chi connectivity index (χ0v) is 16.7. The SMILES string of the molecule is Cc1cc(C)c(NC(=O)CN(C)C[C@H](O)COCc2cccs2)c(C)c1. The van der Waals surface area contributed by atoms with E-state index in [4.69, 9.17) is 4.74 Å². The smallest absolute Gasteiger partial charge is 0.238 e. The number of aryl methyl sites for hydroxylation is 3. The Morgan fingerprint density at radius 1 is 1.31 bits per heavy atom. The number of aliphatic hydroxyl groups excluding tert-OH is 1. The Labute approximate surface area is 159 Å². The summed E-state index contributed by atoms with van der Waals surface area (Å²) in [7, 11) is 1.82. The maximum absolute atomic E-state index is 12.3. The second-order valence-corrected chi connectivity index (χ2v) is 7.80. The van der Waals surface area contributed by atoms with Crippen LogP contribution in [0, 0.1) is 20.8 Å². The first-order valence-corrected chi connectivity index (χ1v) is 9.57. The highest BCUT2D eigenvalue weighted by Crippen LogP contribution is 2.21. The third-order valence-corrected chi connectivity index (χ3v) is 4.86. The lowest BCUT2D eigenvalue weighted by atomic mass is 10.1. The van der Waals surface area contributed by atoms with Crippen molar-refractivity contribution in [3.63, 3.8) is 0 Å². The van der Waals surface area contributed by atoms with Gasteiger partial charge in [0.1, 0.15) is 0 Å². The molecule has 0 unspecified atom stereocenters. The summed E-state index contributed by atoms with van der Waals surface area (Å²) in [5, 5.41) is 15.1. The largest absolute Gasteiger partial charge is 0.389 e. The van der Waals surface area contributed by atoms with E-state index in [1.54, 1.807) is 16.2 Å². The first-order chi connectivity index (χ1) is 12.3. The second-order valence-electron chi connectivity index (χ2n) is 6.77. The number of nitrogens with one attached hydrogen (secondary N) is 1. The standard InChI is InChI=1S/C20H28N2O3S/c1-14-8-15(2)20(16(3)9-14)21-19(24)11-22(4)10-17(23)12-25-13-18-6-5-7-26-18/h5-9,17,23H,10-13H2,1-4H3,(H,21,24)/t17-/m0/s1. The summed E-state index contributed by atoms with van der Waals surface area (Å²) in [5.74, 6) is -0.0887. The maximum Gasteiger partial charge on any atom is 0.238 e. The van der Waals surface area contributed by atoms with Gasteiger partial charge in [-0.25, -0.2) is 0 Å². The molecule has 6 heteroatoms. The molecule has 1 amide bonds. The van der Waals surface area contributed by atoms with Gasteiger partial charge in [-0.3, -0.25) is 9.69 Å². The van der Waals surface area contributed by atoms with Gasteiger partial charge in [0.2, 0.25) is 5.91 Å². The minimum absolute atomic E-state index is 0.0887. The highest BCUT2D eigenvalue weighted by molar-refractivity contribution is 7.09. The van der Waals surface area contributed by atoms with E-state index in [0.717, 1.165) is 21.7 Å². The highest BCUT2D eigenvalue weighted by atomic mass is 32.1. The number of benzene rings is 1. The van der Waals surface area contributed by atoms with Gasteiger partial charge >= 0.3 is 0 Å². The zero-order chi connectivity index (χ0) is 19.1. The molecule has 0 aliphatic carbocycles. The summed E-state index contributed by atoms with van der Waals surface area (Å²) in [6.07, 6.45) is -0.629. The van der Waals surface area contributed by atoms with Crippen molar-refractivity contribution in [2.24, 2.45) is 0 Å². The number of ether oxygens (including phenoxy) is 1. The number of carbonyl (C=O) groups is 1. The number of aliphatic hydroxyl groups is 1. The van der Waals surface area contributed by atoms with Crippen molar-refractivity contribution in [3.8, 4) is 0 Å². The van der Waals surface area contributed by atoms with Crippen LogP contribution < -0.4 is 5.32 Å². The van der Waals surface area contributed by atoms with Gasteiger partial charge in [-0.2, -0.15) is 0 Å². The van der Waals surface area contributed by atoms with Crippen molar-refractivity contribution < 1.29 is 14.6 Å². The van der Waals surface area contributed by atoms with Gasteiger partial charge in [0.15, 0.2) is 0 Å². The first kappa shape index (κ1) is 20.6. The summed E-state index contributed by atoms with van der Waals surface area (Å²) in [5.41, 5.74) is 4.16. The van der Waals surface area contributed by atoms with Gasteiger partial charge in [-0.05, 0) is 50.4 Å². The van der Waals surface area contributed by atoms with Crippen LogP contribution in [0.25, 0.3) is 0 Å². The molecule has 0 aliphatic heterocycles. The van der Waals surface area contributed by atoms with Crippen LogP contribution in [-0.4, -0.2) is 48.8 Å². The van der Waals surface area contributed by atoms with Crippen molar-refractivity contribution in [1.29, 1.82) is 0 Å². The van der Waals surface area contributed by atoms with Crippen LogP contribution in [0.3, 0.4) is 0 Å². The van der Waals surface area contributed by atoms with Crippen molar-refractivity contribution in [1.82, 2.24) is 4.90 Å². The number of likely N-dealkylation sites (N-methyl/N-ethyl adjacent to an activating group) is 1. The van der Waals surface area contributed by atoms with Crippen molar-refractivity contribution in [2.45, 2.75) is 33.5 Å². The number of carbonyl (C=O) groups excluding carboxylic acids is 1. The minimum atomic E-state index is -0.629. The Hall–Kier alpha value is -1.73.